The van der Waals surface area contributed by atoms with E-state index in [1.807, 2.05) is 0 Å². The monoisotopic (exact) mass is 613 g/mol. The number of nitrogens with zero attached hydrogens (tertiary/aromatic N) is 1. The van der Waals surface area contributed by atoms with Crippen LogP contribution in [0.4, 0.5) is 80.3 Å². The Morgan fingerprint density at radius 1 is 0.632 bits per heavy atom. The van der Waals surface area contributed by atoms with E-state index >= 15 is 0 Å². The summed E-state index contributed by atoms with van der Waals surface area (Å²) in [5.41, 5.74) is -0.132. The lowest BCUT2D eigenvalue weighted by Crippen LogP contribution is -2.74. The number of anilines is 1. The third-order valence-electron chi connectivity index (χ3n) is 5.05. The van der Waals surface area contributed by atoms with Crippen LogP contribution in [0.5, 0.6) is 0 Å². The second kappa shape index (κ2) is 9.79. The van der Waals surface area contributed by atoms with E-state index in [4.69, 9.17) is 0 Å². The van der Waals surface area contributed by atoms with Gasteiger partial charge in [0.1, 0.15) is 0 Å². The Kier molecular flexibility index (Phi) is 8.73. The molecule has 0 heterocycles. The molecule has 0 aliphatic rings. The number of halogens is 17. The molecule has 0 radical (unpaired) electrons. The van der Waals surface area contributed by atoms with Crippen molar-refractivity contribution in [1.29, 1.82) is 0 Å². The highest BCUT2D eigenvalue weighted by Crippen LogP contribution is 2.64. The van der Waals surface area contributed by atoms with Crippen molar-refractivity contribution in [2.24, 2.45) is 0 Å². The third-order valence-corrected chi connectivity index (χ3v) is 5.35. The Morgan fingerprint density at radius 3 is 1.34 bits per heavy atom. The molecule has 38 heavy (non-hydrogen) atoms. The predicted molar refractivity (Wildman–Crippen MR) is 97.0 cm³/mol. The third kappa shape index (κ3) is 5.07. The molecule has 1 aromatic carbocycles. The van der Waals surface area contributed by atoms with E-state index < -0.39 is 66.4 Å². The fraction of sp³-hybridized carbons (Fsp3) is 0.611. The Hall–Kier alpha value is -2.15. The molecule has 0 bridgehead atoms. The van der Waals surface area contributed by atoms with Crippen molar-refractivity contribution in [2.75, 3.05) is 11.9 Å². The van der Waals surface area contributed by atoms with Crippen molar-refractivity contribution in [3.05, 3.63) is 24.3 Å². The zero-order chi connectivity index (χ0) is 30.6. The number of rotatable bonds is 10. The van der Waals surface area contributed by atoms with Gasteiger partial charge in [-0.15, -0.1) is 12.6 Å². The largest absolute Gasteiger partial charge is 0.460 e. The van der Waals surface area contributed by atoms with Crippen molar-refractivity contribution in [3.63, 3.8) is 0 Å². The van der Waals surface area contributed by atoms with Gasteiger partial charge in [0.05, 0.1) is 0 Å². The van der Waals surface area contributed by atoms with Crippen molar-refractivity contribution < 1.29 is 79.4 Å². The van der Waals surface area contributed by atoms with Crippen molar-refractivity contribution in [1.82, 2.24) is 0 Å². The number of carbonyl (C=O) groups excluding carboxylic acids is 1. The first-order chi connectivity index (χ1) is 16.5. The lowest BCUT2D eigenvalue weighted by molar-refractivity contribution is -0.461. The Bertz CT molecular complexity index is 1000. The molecular weight excluding hydrogens is 601 g/mol. The van der Waals surface area contributed by atoms with Gasteiger partial charge in [-0.1, -0.05) is 0 Å². The molecule has 0 aliphatic carbocycles. The number of thiol groups is 1. The summed E-state index contributed by atoms with van der Waals surface area (Å²) in [7, 11) is 0.832. The molecule has 0 atom stereocenters. The first kappa shape index (κ1) is 33.9. The summed E-state index contributed by atoms with van der Waals surface area (Å²) in [6.07, 6.45) is -12.5. The van der Waals surface area contributed by atoms with Gasteiger partial charge in [0.2, 0.25) is 5.91 Å². The summed E-state index contributed by atoms with van der Waals surface area (Å²) >= 11 is 3.86. The van der Waals surface area contributed by atoms with Gasteiger partial charge < -0.3 is 4.90 Å². The quantitative estimate of drug-likeness (QED) is 0.212. The highest BCUT2D eigenvalue weighted by atomic mass is 32.1. The van der Waals surface area contributed by atoms with Gasteiger partial charge in [-0.3, -0.25) is 4.79 Å². The normalized spacial score (nSPS) is 15.0. The second-order valence-electron chi connectivity index (χ2n) is 7.62. The average Bonchev–Trinajstić information content (AvgIpc) is 2.75. The molecule has 0 aromatic heterocycles. The average molecular weight is 613 g/mol. The van der Waals surface area contributed by atoms with Crippen LogP contribution < -0.4 is 4.90 Å². The Balaban J connectivity index is 3.36. The second-order valence-corrected chi connectivity index (χ2v) is 8.13. The molecule has 0 saturated carbocycles. The summed E-state index contributed by atoms with van der Waals surface area (Å²) in [4.78, 5) is 12.7. The van der Waals surface area contributed by atoms with Crippen LogP contribution in [-0.2, 0) is 4.79 Å². The minimum absolute atomic E-state index is 0.132. The Labute approximate surface area is 206 Å². The summed E-state index contributed by atoms with van der Waals surface area (Å²) in [5, 5.41) is 0. The van der Waals surface area contributed by atoms with Crippen LogP contribution in [0.15, 0.2) is 29.2 Å². The van der Waals surface area contributed by atoms with Gasteiger partial charge in [-0.05, 0) is 24.3 Å². The SMILES string of the molecule is CN(C(=O)CCC(F)(F)C(F)(F)C(F)(F)C(F)(F)C(F)(F)C(F)(F)C(F)(F)C(F)(F)F)c1ccc(S)cc1. The molecule has 0 fully saturated rings. The van der Waals surface area contributed by atoms with Gasteiger partial charge in [0.15, 0.2) is 0 Å². The van der Waals surface area contributed by atoms with E-state index in [2.05, 4.69) is 12.6 Å². The highest BCUT2D eigenvalue weighted by Gasteiger charge is 2.95. The van der Waals surface area contributed by atoms with Gasteiger partial charge in [0, 0.05) is 30.5 Å². The number of alkyl halides is 17. The maximum absolute atomic E-state index is 13.9. The lowest BCUT2D eigenvalue weighted by atomic mass is 9.88. The van der Waals surface area contributed by atoms with Gasteiger partial charge in [-0.2, -0.15) is 74.6 Å². The molecule has 2 nitrogen and oxygen atoms in total. The summed E-state index contributed by atoms with van der Waals surface area (Å²) in [5.74, 6) is -58.5. The number of hydrogen-bond acceptors (Lipinski definition) is 2. The zero-order valence-corrected chi connectivity index (χ0v) is 18.8. The Morgan fingerprint density at radius 2 is 0.974 bits per heavy atom. The molecule has 0 spiro atoms. The summed E-state index contributed by atoms with van der Waals surface area (Å²) in [6, 6.07) is 4.68. The molecule has 0 saturated heterocycles. The fourth-order valence-electron chi connectivity index (χ4n) is 2.61. The summed E-state index contributed by atoms with van der Waals surface area (Å²) in [6.45, 7) is 0. The standard InChI is InChI=1S/C18H12F17NOS/c1-36(8-2-4-9(38)5-3-8)10(37)6-7-11(19,20)12(21,22)13(23,24)14(25,26)15(27,28)16(29,30)17(31,32)18(33,34)35/h2-5,38H,6-7H2,1H3. The van der Waals surface area contributed by atoms with Crippen LogP contribution in [0.25, 0.3) is 0 Å². The lowest BCUT2D eigenvalue weighted by Gasteiger charge is -2.42. The maximum Gasteiger partial charge on any atom is 0.460 e. The van der Waals surface area contributed by atoms with Gasteiger partial charge in [-0.25, -0.2) is 0 Å². The maximum atomic E-state index is 13.9. The van der Waals surface area contributed by atoms with E-state index in [9.17, 15) is 79.4 Å². The number of benzene rings is 1. The topological polar surface area (TPSA) is 20.3 Å². The van der Waals surface area contributed by atoms with Crippen LogP contribution in [0.1, 0.15) is 12.8 Å². The molecule has 0 unspecified atom stereocenters. The molecule has 1 rings (SSSR count). The molecular formula is C18H12F17NOS. The van der Waals surface area contributed by atoms with Crippen LogP contribution in [0.2, 0.25) is 0 Å². The van der Waals surface area contributed by atoms with E-state index in [0.717, 1.165) is 19.2 Å². The molecule has 0 aliphatic heterocycles. The molecule has 0 N–H and O–H groups in total. The minimum atomic E-state index is -8.68. The van der Waals surface area contributed by atoms with Gasteiger partial charge >= 0.3 is 47.6 Å². The smallest absolute Gasteiger partial charge is 0.315 e. The van der Waals surface area contributed by atoms with E-state index in [1.165, 1.54) is 12.1 Å². The van der Waals surface area contributed by atoms with E-state index in [0.29, 0.717) is 9.80 Å². The van der Waals surface area contributed by atoms with E-state index in [1.54, 1.807) is 0 Å². The minimum Gasteiger partial charge on any atom is -0.315 e. The van der Waals surface area contributed by atoms with Crippen molar-refractivity contribution in [2.45, 2.75) is 65.4 Å². The highest BCUT2D eigenvalue weighted by molar-refractivity contribution is 7.80. The van der Waals surface area contributed by atoms with Crippen LogP contribution in [0, 0.1) is 0 Å². The number of amides is 1. The van der Waals surface area contributed by atoms with Crippen molar-refractivity contribution >= 4 is 24.2 Å². The van der Waals surface area contributed by atoms with E-state index in [-0.39, 0.29) is 5.69 Å². The molecule has 220 valence electrons. The predicted octanol–water partition coefficient (Wildman–Crippen LogP) is 7.73. The molecule has 20 heteroatoms. The summed E-state index contributed by atoms with van der Waals surface area (Å²) < 4.78 is 225. The first-order valence-corrected chi connectivity index (χ1v) is 9.76. The number of hydrogen-bond donors (Lipinski definition) is 1. The van der Waals surface area contributed by atoms with Crippen LogP contribution >= 0.6 is 12.6 Å². The van der Waals surface area contributed by atoms with Crippen LogP contribution in [-0.4, -0.2) is 60.6 Å². The van der Waals surface area contributed by atoms with Crippen LogP contribution in [0.3, 0.4) is 0 Å². The molecule has 1 aromatic rings. The fourth-order valence-corrected chi connectivity index (χ4v) is 2.75. The molecule has 1 amide bonds. The zero-order valence-electron chi connectivity index (χ0n) is 18.0. The number of carbonyl (C=O) groups is 1. The van der Waals surface area contributed by atoms with Gasteiger partial charge in [0.25, 0.3) is 0 Å². The van der Waals surface area contributed by atoms with Crippen molar-refractivity contribution in [3.8, 4) is 0 Å². The first-order valence-electron chi connectivity index (χ1n) is 9.31.